The molecule has 0 fully saturated rings. The Labute approximate surface area is 36.2 Å². The highest BCUT2D eigenvalue weighted by molar-refractivity contribution is 7.78. The maximum absolute atomic E-state index is 9.57. The van der Waals surface area contributed by atoms with E-state index in [2.05, 4.69) is 5.73 Å². The molecule has 0 unspecified atom stereocenters. The van der Waals surface area contributed by atoms with E-state index in [0.717, 1.165) is 0 Å². The van der Waals surface area contributed by atoms with Gasteiger partial charge in [-0.3, -0.25) is 4.72 Å². The van der Waals surface area contributed by atoms with Crippen LogP contribution in [0.2, 0.25) is 0 Å². The first-order valence-electron chi connectivity index (χ1n) is 1.36. The van der Waals surface area contributed by atoms with E-state index in [0.29, 0.717) is 12.7 Å². The van der Waals surface area contributed by atoms with Gasteiger partial charge in [0.1, 0.15) is 1.12 Å². The number of hydrogen-bond acceptors (Lipinski definition) is 2. The van der Waals surface area contributed by atoms with E-state index in [1.165, 1.54) is 0 Å². The Bertz CT molecular complexity index is 57.5. The van der Waals surface area contributed by atoms with Gasteiger partial charge < -0.3 is 5.73 Å². The van der Waals surface area contributed by atoms with Gasteiger partial charge in [-0.25, -0.2) is 4.79 Å². The molecule has 0 aromatic heterocycles. The van der Waals surface area contributed by atoms with Crippen LogP contribution in [0.1, 0.15) is 0 Å². The van der Waals surface area contributed by atoms with Crippen LogP contribution >= 0.6 is 12.7 Å². The van der Waals surface area contributed by atoms with Gasteiger partial charge in [-0.15, -0.1) is 0 Å². The molecule has 0 aromatic rings. The number of nitrogens with two attached hydrogens (primary N) is 1. The minimum atomic E-state index is -0.685. The van der Waals surface area contributed by atoms with Crippen molar-refractivity contribution in [2.24, 2.45) is 5.73 Å². The molecule has 0 saturated heterocycles. The molecule has 0 aliphatic rings. The second kappa shape index (κ2) is 1.90. The molecule has 5 heavy (non-hydrogen) atoms. The Kier molecular flexibility index (Phi) is 1.08. The predicted octanol–water partition coefficient (Wildman–Crippen LogP) is -0.500. The first-order valence-corrected chi connectivity index (χ1v) is 1.36. The van der Waals surface area contributed by atoms with Gasteiger partial charge in [0.15, 0.2) is 0 Å². The van der Waals surface area contributed by atoms with E-state index in [4.69, 9.17) is 1.12 Å². The minimum absolute atomic E-state index is 0.435. The summed E-state index contributed by atoms with van der Waals surface area (Å²) in [5.74, 6) is 0. The van der Waals surface area contributed by atoms with Crippen LogP contribution in [-0.2, 0) is 0 Å². The van der Waals surface area contributed by atoms with E-state index in [-0.39, 0.29) is 0 Å². The summed E-state index contributed by atoms with van der Waals surface area (Å²) >= 11 is 0.435. The number of amides is 2. The Morgan fingerprint density at radius 1 is 2.40 bits per heavy atom. The molecule has 0 spiro atoms. The number of primary amides is 1. The summed E-state index contributed by atoms with van der Waals surface area (Å²) in [5.41, 5.74) is 4.51. The van der Waals surface area contributed by atoms with E-state index in [1.807, 2.05) is 4.72 Å². The standard InChI is InChI=1S/CH4N2OS/c2-1(4)3-5/h5H,(H3,2,3,4)/i/hD. The molecule has 30 valence electrons. The third-order valence-electron chi connectivity index (χ3n) is 0.101. The lowest BCUT2D eigenvalue weighted by molar-refractivity contribution is 0.254. The molecule has 3 nitrogen and oxygen atoms in total. The van der Waals surface area contributed by atoms with E-state index >= 15 is 0 Å². The minimum Gasteiger partial charge on any atom is -0.351 e. The quantitative estimate of drug-likeness (QED) is 0.376. The van der Waals surface area contributed by atoms with E-state index < -0.39 is 6.03 Å². The fourth-order valence-electron chi connectivity index (χ4n) is 0. The number of thiol groups is 1. The van der Waals surface area contributed by atoms with Gasteiger partial charge in [0.05, 0.1) is 0 Å². The summed E-state index contributed by atoms with van der Waals surface area (Å²) in [6.07, 6.45) is 0. The Balaban J connectivity index is 2.83. The van der Waals surface area contributed by atoms with Crippen molar-refractivity contribution in [2.45, 2.75) is 0 Å². The molecular weight excluding hydrogens is 88.1 g/mol. The van der Waals surface area contributed by atoms with Crippen molar-refractivity contribution in [3.8, 4) is 0 Å². The Morgan fingerprint density at radius 2 is 3.00 bits per heavy atom. The summed E-state index contributed by atoms with van der Waals surface area (Å²) in [4.78, 5) is 9.57. The van der Waals surface area contributed by atoms with Crippen molar-refractivity contribution in [3.05, 3.63) is 0 Å². The number of hydrogen-bond donors (Lipinski definition) is 3. The molecule has 0 aromatic carbocycles. The maximum Gasteiger partial charge on any atom is 0.321 e. The van der Waals surface area contributed by atoms with Crippen molar-refractivity contribution in [1.82, 2.24) is 4.72 Å². The maximum atomic E-state index is 9.57. The zero-order chi connectivity index (χ0) is 4.99. The monoisotopic (exact) mass is 93.0 g/mol. The molecule has 0 rings (SSSR count). The Morgan fingerprint density at radius 3 is 3.00 bits per heavy atom. The number of carbonyl (C=O) groups is 1. The van der Waals surface area contributed by atoms with Crippen LogP contribution in [0.15, 0.2) is 0 Å². The number of rotatable bonds is 1. The largest absolute Gasteiger partial charge is 0.351 e. The van der Waals surface area contributed by atoms with Gasteiger partial charge >= 0.3 is 6.03 Å². The Hall–Kier alpha value is -0.380. The summed E-state index contributed by atoms with van der Waals surface area (Å²) in [6.45, 7) is 0. The third kappa shape index (κ3) is 3.62. The highest BCUT2D eigenvalue weighted by Gasteiger charge is 1.74. The zero-order valence-corrected chi connectivity index (χ0v) is 3.21. The average Bonchev–Trinajstić information content (AvgIpc) is 1.35. The first-order chi connectivity index (χ1) is 2.77. The molecule has 2 amide bonds. The summed E-state index contributed by atoms with van der Waals surface area (Å²) in [5, 5.41) is 0. The normalized spacial score (nSPS) is 9.20. The van der Waals surface area contributed by atoms with Gasteiger partial charge in [0.2, 0.25) is 0 Å². The fraction of sp³-hybridized carbons (Fsp3) is 0. The number of carbonyl (C=O) groups excluding carboxylic acids is 1. The molecule has 3 N–H and O–H groups in total. The fourth-order valence-corrected chi connectivity index (χ4v) is 0. The molecule has 0 radical (unpaired) electrons. The topological polar surface area (TPSA) is 55.1 Å². The van der Waals surface area contributed by atoms with E-state index in [9.17, 15) is 4.79 Å². The average molecular weight is 93.1 g/mol. The van der Waals surface area contributed by atoms with Crippen LogP contribution in [0.4, 0.5) is 4.79 Å². The van der Waals surface area contributed by atoms with Gasteiger partial charge in [0, 0.05) is 0 Å². The van der Waals surface area contributed by atoms with Crippen LogP contribution in [0.25, 0.3) is 0 Å². The lowest BCUT2D eigenvalue weighted by Crippen LogP contribution is -2.20. The molecule has 0 saturated carbocycles. The third-order valence-corrected chi connectivity index (χ3v) is 0.302. The molecule has 0 aliphatic heterocycles. The second-order valence-electron chi connectivity index (χ2n) is 0.466. The van der Waals surface area contributed by atoms with Gasteiger partial charge in [0.25, 0.3) is 0 Å². The number of urea groups is 1. The summed E-state index contributed by atoms with van der Waals surface area (Å²) in [7, 11) is 0. The smallest absolute Gasteiger partial charge is 0.321 e. The number of nitrogens with one attached hydrogen (secondary N) is 1. The highest BCUT2D eigenvalue weighted by atomic mass is 32.1. The second-order valence-corrected chi connectivity index (χ2v) is 0.670. The van der Waals surface area contributed by atoms with Crippen LogP contribution in [0, 0.1) is 0 Å². The first kappa shape index (κ1) is 2.84. The molecule has 4 heteroatoms. The highest BCUT2D eigenvalue weighted by Crippen LogP contribution is 1.52. The molecule has 0 bridgehead atoms. The van der Waals surface area contributed by atoms with Gasteiger partial charge in [-0.1, -0.05) is 12.7 Å². The van der Waals surface area contributed by atoms with Crippen LogP contribution in [-0.4, -0.2) is 7.15 Å². The van der Waals surface area contributed by atoms with Gasteiger partial charge in [-0.05, 0) is 0 Å². The lowest BCUT2D eigenvalue weighted by Gasteiger charge is -1.79. The molecule has 0 aliphatic carbocycles. The SMILES string of the molecule is [2H]SNC(N)=O. The lowest BCUT2D eigenvalue weighted by atomic mass is 11.2. The van der Waals surface area contributed by atoms with Crippen LogP contribution in [0.3, 0.4) is 0 Å². The van der Waals surface area contributed by atoms with Crippen molar-refractivity contribution in [1.29, 1.82) is 1.12 Å². The molecule has 0 heterocycles. The van der Waals surface area contributed by atoms with Crippen LogP contribution in [0.5, 0.6) is 0 Å². The molecular formula is CH4N2OS. The predicted molar refractivity (Wildman–Crippen MR) is 21.7 cm³/mol. The molecule has 0 atom stereocenters. The van der Waals surface area contributed by atoms with Gasteiger partial charge in [-0.2, -0.15) is 0 Å². The van der Waals surface area contributed by atoms with Crippen molar-refractivity contribution >= 4 is 18.7 Å². The van der Waals surface area contributed by atoms with Crippen molar-refractivity contribution < 1.29 is 4.79 Å². The van der Waals surface area contributed by atoms with Crippen molar-refractivity contribution in [2.75, 3.05) is 0 Å². The van der Waals surface area contributed by atoms with Crippen LogP contribution < -0.4 is 10.5 Å². The zero-order valence-electron chi connectivity index (χ0n) is 3.39. The van der Waals surface area contributed by atoms with Crippen molar-refractivity contribution in [3.63, 3.8) is 0 Å². The summed E-state index contributed by atoms with van der Waals surface area (Å²) in [6, 6.07) is -0.685. The summed E-state index contributed by atoms with van der Waals surface area (Å²) < 4.78 is 8.17. The van der Waals surface area contributed by atoms with E-state index in [1.54, 1.807) is 0 Å².